The Bertz CT molecular complexity index is 1100. The summed E-state index contributed by atoms with van der Waals surface area (Å²) in [5.41, 5.74) is 2.84. The number of nitrogens with zero attached hydrogens (tertiary/aromatic N) is 2. The number of hydrogen-bond donors (Lipinski definition) is 1. The Morgan fingerprint density at radius 2 is 1.89 bits per heavy atom. The van der Waals surface area contributed by atoms with Crippen LogP contribution in [0.4, 0.5) is 0 Å². The molecule has 0 spiro atoms. The van der Waals surface area contributed by atoms with E-state index in [0.29, 0.717) is 11.4 Å². The van der Waals surface area contributed by atoms with Crippen LogP contribution in [0.5, 0.6) is 5.75 Å². The summed E-state index contributed by atoms with van der Waals surface area (Å²) in [5.74, 6) is 0.672. The second-order valence-electron chi connectivity index (χ2n) is 6.16. The first-order chi connectivity index (χ1) is 13.2. The molecule has 136 valence electrons. The topological polar surface area (TPSA) is 56.1 Å². The fourth-order valence-electron chi connectivity index (χ4n) is 3.01. The van der Waals surface area contributed by atoms with E-state index in [0.717, 1.165) is 32.9 Å². The standard InChI is InChI=1S/C21H19N3O2S/c1-14-17-12-19(20(25)22-13-15-8-6-7-11-18(15)26-2)27-21(17)24(23-14)16-9-4-3-5-10-16/h3-12H,13H2,1-2H3,(H,22,25). The summed E-state index contributed by atoms with van der Waals surface area (Å²) >= 11 is 1.45. The molecule has 0 saturated heterocycles. The van der Waals surface area contributed by atoms with Crippen molar-refractivity contribution in [2.75, 3.05) is 7.11 Å². The molecule has 0 aliphatic carbocycles. The lowest BCUT2D eigenvalue weighted by Crippen LogP contribution is -2.22. The molecular weight excluding hydrogens is 358 g/mol. The third-order valence-corrected chi connectivity index (χ3v) is 5.51. The highest BCUT2D eigenvalue weighted by molar-refractivity contribution is 7.20. The molecule has 27 heavy (non-hydrogen) atoms. The number of hydrogen-bond acceptors (Lipinski definition) is 4. The molecule has 0 bridgehead atoms. The van der Waals surface area contributed by atoms with Gasteiger partial charge in [0, 0.05) is 17.5 Å². The van der Waals surface area contributed by atoms with Crippen LogP contribution in [0, 0.1) is 6.92 Å². The predicted molar refractivity (Wildman–Crippen MR) is 108 cm³/mol. The first-order valence-electron chi connectivity index (χ1n) is 8.62. The Morgan fingerprint density at radius 1 is 1.15 bits per heavy atom. The second-order valence-corrected chi connectivity index (χ2v) is 7.19. The van der Waals surface area contributed by atoms with E-state index in [1.165, 1.54) is 11.3 Å². The molecule has 0 aliphatic heterocycles. The quantitative estimate of drug-likeness (QED) is 0.563. The van der Waals surface area contributed by atoms with Crippen LogP contribution >= 0.6 is 11.3 Å². The van der Waals surface area contributed by atoms with Gasteiger partial charge in [-0.3, -0.25) is 4.79 Å². The third kappa shape index (κ3) is 3.31. The van der Waals surface area contributed by atoms with Crippen LogP contribution in [-0.4, -0.2) is 22.8 Å². The number of carbonyl (C=O) groups is 1. The van der Waals surface area contributed by atoms with E-state index >= 15 is 0 Å². The first-order valence-corrected chi connectivity index (χ1v) is 9.43. The van der Waals surface area contributed by atoms with Crippen LogP contribution in [-0.2, 0) is 6.54 Å². The largest absolute Gasteiger partial charge is 0.496 e. The number of aryl methyl sites for hydroxylation is 1. The number of carbonyl (C=O) groups excluding carboxylic acids is 1. The molecule has 2 heterocycles. The number of fused-ring (bicyclic) bond motifs is 1. The maximum absolute atomic E-state index is 12.7. The van der Waals surface area contributed by atoms with Crippen molar-refractivity contribution in [3.63, 3.8) is 0 Å². The van der Waals surface area contributed by atoms with E-state index in [2.05, 4.69) is 10.4 Å². The average molecular weight is 377 g/mol. The Kier molecular flexibility index (Phi) is 4.64. The van der Waals surface area contributed by atoms with Crippen molar-refractivity contribution in [2.45, 2.75) is 13.5 Å². The van der Waals surface area contributed by atoms with Crippen LogP contribution in [0.1, 0.15) is 20.9 Å². The number of rotatable bonds is 5. The normalized spacial score (nSPS) is 10.9. The number of nitrogens with one attached hydrogen (secondary N) is 1. The zero-order chi connectivity index (χ0) is 18.8. The highest BCUT2D eigenvalue weighted by atomic mass is 32.1. The lowest BCUT2D eigenvalue weighted by atomic mass is 10.2. The summed E-state index contributed by atoms with van der Waals surface area (Å²) in [7, 11) is 1.63. The third-order valence-electron chi connectivity index (χ3n) is 4.40. The molecule has 0 aliphatic rings. The van der Waals surface area contributed by atoms with Crippen molar-refractivity contribution >= 4 is 27.5 Å². The molecule has 0 radical (unpaired) electrons. The van der Waals surface area contributed by atoms with Crippen LogP contribution in [0.15, 0.2) is 60.7 Å². The van der Waals surface area contributed by atoms with E-state index < -0.39 is 0 Å². The summed E-state index contributed by atoms with van der Waals surface area (Å²) in [4.78, 5) is 14.3. The minimum absolute atomic E-state index is 0.0962. The number of methoxy groups -OCH3 is 1. The summed E-state index contributed by atoms with van der Waals surface area (Å²) in [6.07, 6.45) is 0. The van der Waals surface area contributed by atoms with Gasteiger partial charge in [0.1, 0.15) is 10.6 Å². The first kappa shape index (κ1) is 17.3. The molecule has 0 saturated carbocycles. The number of para-hydroxylation sites is 2. The van der Waals surface area contributed by atoms with Crippen molar-refractivity contribution in [3.05, 3.63) is 76.8 Å². The number of thiophene rings is 1. The summed E-state index contributed by atoms with van der Waals surface area (Å²) in [6.45, 7) is 2.38. The van der Waals surface area contributed by atoms with Crippen LogP contribution in [0.3, 0.4) is 0 Å². The Labute approximate surface area is 161 Å². The molecule has 0 atom stereocenters. The molecule has 1 amide bonds. The zero-order valence-electron chi connectivity index (χ0n) is 15.1. The lowest BCUT2D eigenvalue weighted by molar-refractivity contribution is 0.0955. The molecule has 1 N–H and O–H groups in total. The fraction of sp³-hybridized carbons (Fsp3) is 0.143. The Morgan fingerprint density at radius 3 is 2.67 bits per heavy atom. The van der Waals surface area contributed by atoms with Gasteiger partial charge in [-0.15, -0.1) is 11.3 Å². The number of aromatic nitrogens is 2. The molecule has 5 nitrogen and oxygen atoms in total. The highest BCUT2D eigenvalue weighted by Gasteiger charge is 2.17. The van der Waals surface area contributed by atoms with E-state index in [9.17, 15) is 4.79 Å². The maximum Gasteiger partial charge on any atom is 0.261 e. The van der Waals surface area contributed by atoms with Gasteiger partial charge in [-0.05, 0) is 31.2 Å². The molecule has 2 aromatic heterocycles. The van der Waals surface area contributed by atoms with Gasteiger partial charge in [0.15, 0.2) is 0 Å². The van der Waals surface area contributed by atoms with Crippen LogP contribution in [0.25, 0.3) is 15.9 Å². The molecule has 2 aromatic carbocycles. The van der Waals surface area contributed by atoms with E-state index in [1.54, 1.807) is 7.11 Å². The van der Waals surface area contributed by atoms with E-state index in [-0.39, 0.29) is 5.91 Å². The average Bonchev–Trinajstić information content (AvgIpc) is 3.28. The van der Waals surface area contributed by atoms with Crippen molar-refractivity contribution in [3.8, 4) is 11.4 Å². The zero-order valence-corrected chi connectivity index (χ0v) is 15.9. The molecule has 0 fully saturated rings. The van der Waals surface area contributed by atoms with E-state index in [4.69, 9.17) is 4.74 Å². The van der Waals surface area contributed by atoms with Gasteiger partial charge in [-0.25, -0.2) is 4.68 Å². The minimum Gasteiger partial charge on any atom is -0.496 e. The van der Waals surface area contributed by atoms with Crippen molar-refractivity contribution in [1.82, 2.24) is 15.1 Å². The van der Waals surface area contributed by atoms with Gasteiger partial charge in [0.05, 0.1) is 23.4 Å². The SMILES string of the molecule is COc1ccccc1CNC(=O)c1cc2c(C)nn(-c3ccccc3)c2s1. The van der Waals surface area contributed by atoms with Crippen molar-refractivity contribution < 1.29 is 9.53 Å². The van der Waals surface area contributed by atoms with Gasteiger partial charge in [-0.1, -0.05) is 36.4 Å². The molecule has 4 aromatic rings. The molecule has 0 unspecified atom stereocenters. The number of ether oxygens (including phenoxy) is 1. The smallest absolute Gasteiger partial charge is 0.261 e. The van der Waals surface area contributed by atoms with Gasteiger partial charge in [0.25, 0.3) is 5.91 Å². The summed E-state index contributed by atoms with van der Waals surface area (Å²) in [5, 5.41) is 8.60. The van der Waals surface area contributed by atoms with Gasteiger partial charge >= 0.3 is 0 Å². The Balaban J connectivity index is 1.60. The predicted octanol–water partition coefficient (Wildman–Crippen LogP) is 4.33. The van der Waals surface area contributed by atoms with Crippen LogP contribution in [0.2, 0.25) is 0 Å². The monoisotopic (exact) mass is 377 g/mol. The van der Waals surface area contributed by atoms with Crippen LogP contribution < -0.4 is 10.1 Å². The lowest BCUT2D eigenvalue weighted by Gasteiger charge is -2.08. The highest BCUT2D eigenvalue weighted by Crippen LogP contribution is 2.30. The molecule has 4 rings (SSSR count). The summed E-state index contributed by atoms with van der Waals surface area (Å²) in [6, 6.07) is 19.5. The van der Waals surface area contributed by atoms with E-state index in [1.807, 2.05) is 72.3 Å². The number of amides is 1. The minimum atomic E-state index is -0.0962. The molecule has 6 heteroatoms. The van der Waals surface area contributed by atoms with Gasteiger partial charge in [0.2, 0.25) is 0 Å². The Hall–Kier alpha value is -3.12. The second kappa shape index (κ2) is 7.25. The van der Waals surface area contributed by atoms with Gasteiger partial charge < -0.3 is 10.1 Å². The maximum atomic E-state index is 12.7. The number of benzene rings is 2. The van der Waals surface area contributed by atoms with Crippen molar-refractivity contribution in [2.24, 2.45) is 0 Å². The van der Waals surface area contributed by atoms with Gasteiger partial charge in [-0.2, -0.15) is 5.10 Å². The van der Waals surface area contributed by atoms with Crippen molar-refractivity contribution in [1.29, 1.82) is 0 Å². The fourth-order valence-corrected chi connectivity index (χ4v) is 4.11. The molecular formula is C21H19N3O2S. The summed E-state index contributed by atoms with van der Waals surface area (Å²) < 4.78 is 7.23.